The lowest BCUT2D eigenvalue weighted by Gasteiger charge is -2.21. The number of rotatable bonds is 7. The topological polar surface area (TPSA) is 81.0 Å². The van der Waals surface area contributed by atoms with Crippen LogP contribution in [0, 0.1) is 5.82 Å². The van der Waals surface area contributed by atoms with Crippen LogP contribution in [-0.2, 0) is 9.53 Å². The third kappa shape index (κ3) is 3.79. The summed E-state index contributed by atoms with van der Waals surface area (Å²) in [5.41, 5.74) is 0.224. The standard InChI is InChI=1S/C20H23FN2O5/c1-27-12-14(11-24)22-7-3-4-18(20(22)26)23-10-13(8-19(23)25)16-6-5-15(28-2)9-17(16)21/h3-7,9,13-14,24H,8,10-12H2,1-2H3/t13-,14?/m0/s1. The highest BCUT2D eigenvalue weighted by Gasteiger charge is 2.34. The van der Waals surface area contributed by atoms with Crippen LogP contribution in [0.5, 0.6) is 5.75 Å². The molecular formula is C20H23FN2O5. The number of methoxy groups -OCH3 is 2. The van der Waals surface area contributed by atoms with Crippen LogP contribution in [-0.4, -0.2) is 49.6 Å². The van der Waals surface area contributed by atoms with Crippen LogP contribution in [0.2, 0.25) is 0 Å². The van der Waals surface area contributed by atoms with E-state index in [0.29, 0.717) is 11.3 Å². The number of pyridine rings is 1. The number of nitrogens with zero attached hydrogens (tertiary/aromatic N) is 2. The van der Waals surface area contributed by atoms with E-state index in [1.165, 1.54) is 29.8 Å². The van der Waals surface area contributed by atoms with Crippen molar-refractivity contribution >= 4 is 11.6 Å². The van der Waals surface area contributed by atoms with E-state index in [1.807, 2.05) is 0 Å². The minimum absolute atomic E-state index is 0.110. The number of amides is 1. The minimum Gasteiger partial charge on any atom is -0.497 e. The Hall–Kier alpha value is -2.71. The summed E-state index contributed by atoms with van der Waals surface area (Å²) in [6.45, 7) is 0.0910. The van der Waals surface area contributed by atoms with E-state index in [-0.39, 0.29) is 43.7 Å². The molecule has 0 spiro atoms. The molecule has 1 aromatic heterocycles. The van der Waals surface area contributed by atoms with Crippen molar-refractivity contribution in [1.82, 2.24) is 4.57 Å². The quantitative estimate of drug-likeness (QED) is 0.778. The first kappa shape index (κ1) is 20.0. The van der Waals surface area contributed by atoms with Gasteiger partial charge in [-0.25, -0.2) is 4.39 Å². The van der Waals surface area contributed by atoms with E-state index < -0.39 is 17.4 Å². The molecule has 2 aromatic rings. The highest BCUT2D eigenvalue weighted by Crippen LogP contribution is 2.33. The zero-order valence-corrected chi connectivity index (χ0v) is 15.8. The zero-order chi connectivity index (χ0) is 20.3. The first-order valence-electron chi connectivity index (χ1n) is 8.94. The number of anilines is 1. The Kier molecular flexibility index (Phi) is 6.11. The fourth-order valence-corrected chi connectivity index (χ4v) is 3.52. The number of aliphatic hydroxyl groups excluding tert-OH is 1. The van der Waals surface area contributed by atoms with Crippen LogP contribution in [0.4, 0.5) is 10.1 Å². The van der Waals surface area contributed by atoms with Gasteiger partial charge >= 0.3 is 0 Å². The lowest BCUT2D eigenvalue weighted by molar-refractivity contribution is -0.117. The maximum absolute atomic E-state index is 14.4. The average molecular weight is 390 g/mol. The van der Waals surface area contributed by atoms with Crippen molar-refractivity contribution in [3.05, 3.63) is 58.3 Å². The summed E-state index contributed by atoms with van der Waals surface area (Å²) >= 11 is 0. The van der Waals surface area contributed by atoms with Crippen molar-refractivity contribution in [2.75, 3.05) is 38.9 Å². The van der Waals surface area contributed by atoms with Gasteiger partial charge in [0.2, 0.25) is 5.91 Å². The first-order chi connectivity index (χ1) is 13.5. The Morgan fingerprint density at radius 3 is 2.71 bits per heavy atom. The number of aliphatic hydroxyl groups is 1. The second kappa shape index (κ2) is 8.53. The van der Waals surface area contributed by atoms with E-state index >= 15 is 0 Å². The molecule has 2 heterocycles. The molecule has 1 fully saturated rings. The molecule has 1 aliphatic heterocycles. The highest BCUT2D eigenvalue weighted by atomic mass is 19.1. The zero-order valence-electron chi connectivity index (χ0n) is 15.8. The molecule has 0 saturated carbocycles. The molecule has 8 heteroatoms. The second-order valence-electron chi connectivity index (χ2n) is 6.69. The fraction of sp³-hybridized carbons (Fsp3) is 0.400. The van der Waals surface area contributed by atoms with E-state index in [0.717, 1.165) is 0 Å². The summed E-state index contributed by atoms with van der Waals surface area (Å²) in [5.74, 6) is -0.645. The van der Waals surface area contributed by atoms with Crippen LogP contribution < -0.4 is 15.2 Å². The maximum Gasteiger partial charge on any atom is 0.274 e. The molecule has 1 unspecified atom stereocenters. The van der Waals surface area contributed by atoms with Gasteiger partial charge in [0.05, 0.1) is 26.4 Å². The van der Waals surface area contributed by atoms with E-state index in [4.69, 9.17) is 9.47 Å². The van der Waals surface area contributed by atoms with E-state index in [1.54, 1.807) is 30.5 Å². The van der Waals surface area contributed by atoms with Crippen LogP contribution in [0.1, 0.15) is 23.9 Å². The van der Waals surface area contributed by atoms with Crippen molar-refractivity contribution in [2.24, 2.45) is 0 Å². The molecule has 2 atom stereocenters. The van der Waals surface area contributed by atoms with E-state index in [2.05, 4.69) is 0 Å². The average Bonchev–Trinajstić information content (AvgIpc) is 3.07. The van der Waals surface area contributed by atoms with Crippen molar-refractivity contribution < 1.29 is 23.8 Å². The van der Waals surface area contributed by atoms with Crippen LogP contribution in [0.25, 0.3) is 0 Å². The Morgan fingerprint density at radius 1 is 1.29 bits per heavy atom. The summed E-state index contributed by atoms with van der Waals surface area (Å²) in [6, 6.07) is 7.20. The third-order valence-corrected chi connectivity index (χ3v) is 4.98. The smallest absolute Gasteiger partial charge is 0.274 e. The van der Waals surface area contributed by atoms with E-state index in [9.17, 15) is 19.1 Å². The van der Waals surface area contributed by atoms with Gasteiger partial charge in [-0.2, -0.15) is 0 Å². The van der Waals surface area contributed by atoms with Gasteiger partial charge in [-0.1, -0.05) is 6.07 Å². The largest absolute Gasteiger partial charge is 0.497 e. The summed E-state index contributed by atoms with van der Waals surface area (Å²) < 4.78 is 25.8. The number of hydrogen-bond acceptors (Lipinski definition) is 5. The third-order valence-electron chi connectivity index (χ3n) is 4.98. The molecule has 150 valence electrons. The van der Waals surface area contributed by atoms with Gasteiger partial charge in [0, 0.05) is 38.3 Å². The Labute approximate surface area is 161 Å². The molecule has 1 saturated heterocycles. The molecule has 0 bridgehead atoms. The van der Waals surface area contributed by atoms with Crippen molar-refractivity contribution in [2.45, 2.75) is 18.4 Å². The van der Waals surface area contributed by atoms with Crippen molar-refractivity contribution in [1.29, 1.82) is 0 Å². The molecule has 1 aliphatic rings. The molecule has 1 aromatic carbocycles. The molecule has 28 heavy (non-hydrogen) atoms. The number of carbonyl (C=O) groups excluding carboxylic acids is 1. The van der Waals surface area contributed by atoms with Crippen LogP contribution in [0.15, 0.2) is 41.3 Å². The normalized spacial score (nSPS) is 17.8. The van der Waals surface area contributed by atoms with Crippen LogP contribution >= 0.6 is 0 Å². The SMILES string of the molecule is COCC(CO)n1cccc(N2C[C@@H](c3ccc(OC)cc3F)CC2=O)c1=O. The number of hydrogen-bond donors (Lipinski definition) is 1. The Morgan fingerprint density at radius 2 is 2.07 bits per heavy atom. The Balaban J connectivity index is 1.89. The summed E-state index contributed by atoms with van der Waals surface area (Å²) in [6.07, 6.45) is 1.66. The number of halogens is 1. The van der Waals surface area contributed by atoms with Gasteiger partial charge in [-0.3, -0.25) is 9.59 Å². The molecule has 7 nitrogen and oxygen atoms in total. The summed E-state index contributed by atoms with van der Waals surface area (Å²) in [4.78, 5) is 26.8. The lowest BCUT2D eigenvalue weighted by atomic mass is 9.97. The van der Waals surface area contributed by atoms with Gasteiger partial charge in [-0.05, 0) is 23.8 Å². The van der Waals surface area contributed by atoms with Crippen molar-refractivity contribution in [3.63, 3.8) is 0 Å². The number of aromatic nitrogens is 1. The molecule has 3 rings (SSSR count). The molecule has 0 radical (unpaired) electrons. The van der Waals surface area contributed by atoms with Gasteiger partial charge in [0.15, 0.2) is 0 Å². The second-order valence-corrected chi connectivity index (χ2v) is 6.69. The van der Waals surface area contributed by atoms with Crippen LogP contribution in [0.3, 0.4) is 0 Å². The molecule has 1 amide bonds. The molecule has 0 aliphatic carbocycles. The molecular weight excluding hydrogens is 367 g/mol. The van der Waals surface area contributed by atoms with Gasteiger partial charge in [0.25, 0.3) is 5.56 Å². The minimum atomic E-state index is -0.551. The fourth-order valence-electron chi connectivity index (χ4n) is 3.52. The van der Waals surface area contributed by atoms with Gasteiger partial charge in [-0.15, -0.1) is 0 Å². The Bertz CT molecular complexity index is 914. The first-order valence-corrected chi connectivity index (χ1v) is 8.94. The maximum atomic E-state index is 14.4. The summed E-state index contributed by atoms with van der Waals surface area (Å²) in [7, 11) is 2.94. The van der Waals surface area contributed by atoms with Gasteiger partial charge in [0.1, 0.15) is 17.3 Å². The predicted molar refractivity (Wildman–Crippen MR) is 101 cm³/mol. The summed E-state index contributed by atoms with van der Waals surface area (Å²) in [5, 5.41) is 9.54. The highest BCUT2D eigenvalue weighted by molar-refractivity contribution is 5.96. The number of benzene rings is 1. The monoisotopic (exact) mass is 390 g/mol. The van der Waals surface area contributed by atoms with Crippen molar-refractivity contribution in [3.8, 4) is 5.75 Å². The number of carbonyl (C=O) groups is 1. The molecule has 1 N–H and O–H groups in total. The van der Waals surface area contributed by atoms with Gasteiger partial charge < -0.3 is 24.0 Å². The predicted octanol–water partition coefficient (Wildman–Crippen LogP) is 1.70. The lowest BCUT2D eigenvalue weighted by Crippen LogP contribution is -2.36. The number of ether oxygens (including phenoxy) is 2.